The predicted octanol–water partition coefficient (Wildman–Crippen LogP) is -0.195. The van der Waals surface area contributed by atoms with Crippen molar-refractivity contribution in [3.63, 3.8) is 0 Å². The third kappa shape index (κ3) is 4.67. The number of aromatic amines is 1. The second-order valence-corrected chi connectivity index (χ2v) is 4.15. The van der Waals surface area contributed by atoms with Crippen molar-refractivity contribution in [2.45, 2.75) is 38.6 Å². The first-order valence-electron chi connectivity index (χ1n) is 6.10. The number of aliphatic carboxylic acids is 2. The van der Waals surface area contributed by atoms with E-state index in [4.69, 9.17) is 10.2 Å². The molecule has 1 rings (SSSR count). The van der Waals surface area contributed by atoms with Crippen molar-refractivity contribution in [1.29, 1.82) is 0 Å². The van der Waals surface area contributed by atoms with Gasteiger partial charge >= 0.3 is 11.9 Å². The number of carboxylic acid groups (broad SMARTS) is 2. The Hall–Kier alpha value is -2.45. The minimum atomic E-state index is -1.30. The van der Waals surface area contributed by atoms with Gasteiger partial charge in [-0.05, 0) is 12.8 Å². The van der Waals surface area contributed by atoms with Crippen LogP contribution in [0.4, 0.5) is 0 Å². The van der Waals surface area contributed by atoms with Crippen molar-refractivity contribution in [2.24, 2.45) is 0 Å². The molecule has 1 amide bonds. The number of nitrogens with one attached hydrogen (secondary N) is 2. The monoisotopic (exact) mass is 284 g/mol. The summed E-state index contributed by atoms with van der Waals surface area (Å²) in [6, 6.07) is -1.29. The minimum Gasteiger partial charge on any atom is -0.481 e. The number of carbonyl (C=O) groups is 3. The maximum absolute atomic E-state index is 11.8. The molecule has 20 heavy (non-hydrogen) atoms. The lowest BCUT2D eigenvalue weighted by atomic mass is 10.1. The van der Waals surface area contributed by atoms with Gasteiger partial charge in [-0.2, -0.15) is 0 Å². The van der Waals surface area contributed by atoms with Crippen LogP contribution in [0, 0.1) is 0 Å². The van der Waals surface area contributed by atoms with Crippen LogP contribution in [-0.2, 0) is 16.0 Å². The number of rotatable bonds is 8. The lowest BCUT2D eigenvalue weighted by Crippen LogP contribution is -2.41. The molecule has 4 N–H and O–H groups in total. The third-order valence-corrected chi connectivity index (χ3v) is 2.47. The molecule has 0 aliphatic rings. The van der Waals surface area contributed by atoms with Gasteiger partial charge < -0.3 is 15.5 Å². The van der Waals surface area contributed by atoms with E-state index in [-0.39, 0.29) is 18.7 Å². The van der Waals surface area contributed by atoms with E-state index >= 15 is 0 Å². The largest absolute Gasteiger partial charge is 0.481 e. The Morgan fingerprint density at radius 3 is 2.60 bits per heavy atom. The Morgan fingerprint density at radius 1 is 1.35 bits per heavy atom. The fraction of sp³-hybridized carbons (Fsp3) is 0.545. The topological polar surface area (TPSA) is 145 Å². The molecule has 1 heterocycles. The number of H-pyrrole nitrogens is 1. The van der Waals surface area contributed by atoms with E-state index in [1.165, 1.54) is 0 Å². The fourth-order valence-electron chi connectivity index (χ4n) is 1.49. The number of amides is 1. The fourth-order valence-corrected chi connectivity index (χ4v) is 1.49. The number of nitrogens with zero attached hydrogens (tertiary/aromatic N) is 2. The standard InChI is InChI=1S/C11H16N4O5/c1-2-3-7-13-9(15-14-7)10(18)12-6(11(19)20)4-5-8(16)17/h6H,2-5H2,1H3,(H,12,18)(H,16,17)(H,19,20)(H,13,14,15). The Bertz CT molecular complexity index is 499. The van der Waals surface area contributed by atoms with Gasteiger partial charge in [0.2, 0.25) is 5.82 Å². The molecule has 0 spiro atoms. The van der Waals surface area contributed by atoms with E-state index in [2.05, 4.69) is 20.5 Å². The average Bonchev–Trinajstić information content (AvgIpc) is 2.82. The molecule has 0 aliphatic heterocycles. The van der Waals surface area contributed by atoms with Crippen LogP contribution in [0.5, 0.6) is 0 Å². The summed E-state index contributed by atoms with van der Waals surface area (Å²) in [6.45, 7) is 1.94. The molecule has 9 heteroatoms. The Morgan fingerprint density at radius 2 is 2.05 bits per heavy atom. The lowest BCUT2D eigenvalue weighted by Gasteiger charge is -2.11. The Labute approximate surface area is 114 Å². The minimum absolute atomic E-state index is 0.157. The molecular weight excluding hydrogens is 268 g/mol. The zero-order valence-corrected chi connectivity index (χ0v) is 10.9. The van der Waals surface area contributed by atoms with Crippen molar-refractivity contribution in [1.82, 2.24) is 20.5 Å². The van der Waals surface area contributed by atoms with Crippen LogP contribution in [0.25, 0.3) is 0 Å². The van der Waals surface area contributed by atoms with Gasteiger partial charge in [0, 0.05) is 12.8 Å². The summed E-state index contributed by atoms with van der Waals surface area (Å²) >= 11 is 0. The van der Waals surface area contributed by atoms with Crippen LogP contribution >= 0.6 is 0 Å². The molecule has 1 atom stereocenters. The van der Waals surface area contributed by atoms with Gasteiger partial charge in [-0.3, -0.25) is 14.7 Å². The van der Waals surface area contributed by atoms with E-state index < -0.39 is 23.9 Å². The first kappa shape index (κ1) is 15.6. The predicted molar refractivity (Wildman–Crippen MR) is 66.1 cm³/mol. The van der Waals surface area contributed by atoms with Gasteiger partial charge in [0.1, 0.15) is 11.9 Å². The van der Waals surface area contributed by atoms with Crippen molar-refractivity contribution in [3.8, 4) is 0 Å². The van der Waals surface area contributed by atoms with Crippen LogP contribution in [0.2, 0.25) is 0 Å². The molecule has 1 aromatic heterocycles. The highest BCUT2D eigenvalue weighted by molar-refractivity contribution is 5.93. The normalized spacial score (nSPS) is 11.8. The van der Waals surface area contributed by atoms with Crippen LogP contribution in [0.15, 0.2) is 0 Å². The quantitative estimate of drug-likeness (QED) is 0.517. The van der Waals surface area contributed by atoms with Crippen molar-refractivity contribution in [2.75, 3.05) is 0 Å². The van der Waals surface area contributed by atoms with Gasteiger partial charge in [-0.1, -0.05) is 6.92 Å². The maximum Gasteiger partial charge on any atom is 0.326 e. The van der Waals surface area contributed by atoms with E-state index in [9.17, 15) is 14.4 Å². The highest BCUT2D eigenvalue weighted by Crippen LogP contribution is 2.01. The van der Waals surface area contributed by atoms with Crippen LogP contribution in [0.3, 0.4) is 0 Å². The highest BCUT2D eigenvalue weighted by atomic mass is 16.4. The van der Waals surface area contributed by atoms with Crippen molar-refractivity contribution in [3.05, 3.63) is 11.6 Å². The van der Waals surface area contributed by atoms with E-state index in [1.54, 1.807) is 0 Å². The molecule has 0 aromatic carbocycles. The van der Waals surface area contributed by atoms with E-state index in [1.807, 2.05) is 6.92 Å². The second kappa shape index (κ2) is 7.22. The zero-order valence-electron chi connectivity index (χ0n) is 10.9. The zero-order chi connectivity index (χ0) is 15.1. The van der Waals surface area contributed by atoms with Crippen molar-refractivity contribution >= 4 is 17.8 Å². The number of carboxylic acids is 2. The van der Waals surface area contributed by atoms with Gasteiger partial charge in [-0.25, -0.2) is 9.78 Å². The van der Waals surface area contributed by atoms with E-state index in [0.717, 1.165) is 6.42 Å². The van der Waals surface area contributed by atoms with Gasteiger partial charge in [0.25, 0.3) is 5.91 Å². The van der Waals surface area contributed by atoms with Crippen molar-refractivity contribution < 1.29 is 24.6 Å². The maximum atomic E-state index is 11.8. The van der Waals surface area contributed by atoms with E-state index in [0.29, 0.717) is 12.2 Å². The molecule has 0 saturated heterocycles. The summed E-state index contributed by atoms with van der Waals surface area (Å²) in [5.41, 5.74) is 0. The first-order valence-corrected chi connectivity index (χ1v) is 6.10. The third-order valence-electron chi connectivity index (χ3n) is 2.47. The second-order valence-electron chi connectivity index (χ2n) is 4.15. The number of hydrogen-bond acceptors (Lipinski definition) is 5. The molecule has 110 valence electrons. The molecule has 0 bridgehead atoms. The molecule has 9 nitrogen and oxygen atoms in total. The Balaban J connectivity index is 2.64. The summed E-state index contributed by atoms with van der Waals surface area (Å²) in [5.74, 6) is -2.80. The van der Waals surface area contributed by atoms with Crippen LogP contribution in [-0.4, -0.2) is 49.3 Å². The molecule has 0 saturated carbocycles. The van der Waals surface area contributed by atoms with Crippen LogP contribution in [0.1, 0.15) is 42.6 Å². The molecule has 1 unspecified atom stereocenters. The van der Waals surface area contributed by atoms with Gasteiger partial charge in [0.15, 0.2) is 0 Å². The molecule has 0 aliphatic carbocycles. The lowest BCUT2D eigenvalue weighted by molar-refractivity contribution is -0.140. The van der Waals surface area contributed by atoms with Gasteiger partial charge in [0.05, 0.1) is 0 Å². The first-order chi connectivity index (χ1) is 9.43. The summed E-state index contributed by atoms with van der Waals surface area (Å²) in [4.78, 5) is 37.0. The molecular formula is C11H16N4O5. The number of aryl methyl sites for hydroxylation is 1. The smallest absolute Gasteiger partial charge is 0.326 e. The number of carbonyl (C=O) groups excluding carboxylic acids is 1. The molecule has 0 fully saturated rings. The summed E-state index contributed by atoms with van der Waals surface area (Å²) in [5, 5.41) is 25.9. The molecule has 0 radical (unpaired) electrons. The summed E-state index contributed by atoms with van der Waals surface area (Å²) < 4.78 is 0. The molecule has 1 aromatic rings. The summed E-state index contributed by atoms with van der Waals surface area (Å²) in [6.07, 6.45) is 0.892. The number of hydrogen-bond donors (Lipinski definition) is 4. The van der Waals surface area contributed by atoms with Crippen LogP contribution < -0.4 is 5.32 Å². The SMILES string of the molecule is CCCc1nc(C(=O)NC(CCC(=O)O)C(=O)O)n[nH]1. The van der Waals surface area contributed by atoms with Gasteiger partial charge in [-0.15, -0.1) is 5.10 Å². The average molecular weight is 284 g/mol. The highest BCUT2D eigenvalue weighted by Gasteiger charge is 2.23. The number of aromatic nitrogens is 3. The Kier molecular flexibility index (Phi) is 5.63. The summed E-state index contributed by atoms with van der Waals surface area (Å²) in [7, 11) is 0.